The Morgan fingerprint density at radius 2 is 2.47 bits per heavy atom. The number of anilines is 1. The minimum atomic E-state index is 0.198. The molecule has 6 heteroatoms. The van der Waals surface area contributed by atoms with Gasteiger partial charge >= 0.3 is 0 Å². The van der Waals surface area contributed by atoms with Crippen molar-refractivity contribution < 1.29 is 0 Å². The average molecular weight is 271 g/mol. The smallest absolute Gasteiger partial charge is 0.188 e. The van der Waals surface area contributed by atoms with E-state index in [9.17, 15) is 0 Å². The van der Waals surface area contributed by atoms with Gasteiger partial charge in [-0.3, -0.25) is 0 Å². The van der Waals surface area contributed by atoms with Gasteiger partial charge in [-0.25, -0.2) is 4.98 Å². The predicted octanol–water partition coefficient (Wildman–Crippen LogP) is 2.23. The van der Waals surface area contributed by atoms with Crippen molar-refractivity contribution in [2.24, 2.45) is 11.7 Å². The maximum atomic E-state index is 8.87. The largest absolute Gasteiger partial charge is 0.348 e. The Kier molecular flexibility index (Phi) is 3.87. The number of rotatable bonds is 2. The highest BCUT2D eigenvalue weighted by Crippen LogP contribution is 2.32. The summed E-state index contributed by atoms with van der Waals surface area (Å²) < 4.78 is 0. The van der Waals surface area contributed by atoms with E-state index in [-0.39, 0.29) is 6.04 Å². The van der Waals surface area contributed by atoms with Gasteiger partial charge in [0.15, 0.2) is 10.3 Å². The molecule has 0 spiro atoms. The summed E-state index contributed by atoms with van der Waals surface area (Å²) >= 11 is 7.25. The number of hydrogen-bond acceptors (Lipinski definition) is 5. The zero-order valence-electron chi connectivity index (χ0n) is 9.69. The van der Waals surface area contributed by atoms with Gasteiger partial charge in [0.2, 0.25) is 0 Å². The number of hydrogen-bond donors (Lipinski definition) is 1. The van der Waals surface area contributed by atoms with Crippen molar-refractivity contribution in [3.05, 3.63) is 10.0 Å². The lowest BCUT2D eigenvalue weighted by Gasteiger charge is -2.34. The topological polar surface area (TPSA) is 65.9 Å². The van der Waals surface area contributed by atoms with Crippen LogP contribution in [0, 0.1) is 17.2 Å². The summed E-state index contributed by atoms with van der Waals surface area (Å²) in [5.74, 6) is 0.497. The van der Waals surface area contributed by atoms with Gasteiger partial charge in [0.25, 0.3) is 0 Å². The minimum Gasteiger partial charge on any atom is -0.348 e. The second-order valence-electron chi connectivity index (χ2n) is 4.44. The molecule has 1 saturated heterocycles. The van der Waals surface area contributed by atoms with E-state index in [2.05, 4.69) is 16.0 Å². The lowest BCUT2D eigenvalue weighted by molar-refractivity contribution is 0.364. The highest BCUT2D eigenvalue weighted by molar-refractivity contribution is 7.16. The van der Waals surface area contributed by atoms with Gasteiger partial charge in [-0.1, -0.05) is 22.9 Å². The summed E-state index contributed by atoms with van der Waals surface area (Å²) in [6.07, 6.45) is 2.28. The van der Waals surface area contributed by atoms with E-state index in [1.165, 1.54) is 17.8 Å². The van der Waals surface area contributed by atoms with Crippen molar-refractivity contribution in [1.82, 2.24) is 4.98 Å². The molecule has 2 unspecified atom stereocenters. The van der Waals surface area contributed by atoms with E-state index in [4.69, 9.17) is 22.6 Å². The highest BCUT2D eigenvalue weighted by Gasteiger charge is 2.25. The van der Waals surface area contributed by atoms with Crippen molar-refractivity contribution in [1.29, 1.82) is 5.26 Å². The SMILES string of the molecule is CC(N)C1CCCN(c2nc(Cl)c(C#N)s2)C1. The van der Waals surface area contributed by atoms with E-state index in [0.717, 1.165) is 24.6 Å². The van der Waals surface area contributed by atoms with Crippen LogP contribution in [0.1, 0.15) is 24.6 Å². The first-order chi connectivity index (χ1) is 8.11. The molecular weight excluding hydrogens is 256 g/mol. The number of piperidine rings is 1. The first kappa shape index (κ1) is 12.6. The van der Waals surface area contributed by atoms with Crippen LogP contribution in [0.2, 0.25) is 5.15 Å². The Bertz CT molecular complexity index is 437. The van der Waals surface area contributed by atoms with E-state index in [1.807, 2.05) is 6.92 Å². The highest BCUT2D eigenvalue weighted by atomic mass is 35.5. The molecule has 1 aliphatic heterocycles. The molecule has 0 saturated carbocycles. The van der Waals surface area contributed by atoms with Gasteiger partial charge in [-0.05, 0) is 25.7 Å². The zero-order chi connectivity index (χ0) is 12.4. The molecular formula is C11H15ClN4S. The quantitative estimate of drug-likeness (QED) is 0.895. The molecule has 2 heterocycles. The number of nitriles is 1. The molecule has 2 atom stereocenters. The van der Waals surface area contributed by atoms with Crippen molar-refractivity contribution in [2.45, 2.75) is 25.8 Å². The lowest BCUT2D eigenvalue weighted by Crippen LogP contribution is -2.42. The summed E-state index contributed by atoms with van der Waals surface area (Å²) in [5.41, 5.74) is 5.95. The molecule has 17 heavy (non-hydrogen) atoms. The van der Waals surface area contributed by atoms with E-state index < -0.39 is 0 Å². The maximum absolute atomic E-state index is 8.87. The van der Waals surface area contributed by atoms with Gasteiger partial charge in [-0.2, -0.15) is 5.26 Å². The minimum absolute atomic E-state index is 0.198. The summed E-state index contributed by atoms with van der Waals surface area (Å²) in [7, 11) is 0. The first-order valence-corrected chi connectivity index (χ1v) is 6.88. The summed E-state index contributed by atoms with van der Waals surface area (Å²) in [6.45, 7) is 3.92. The fourth-order valence-corrected chi connectivity index (χ4v) is 3.19. The number of nitrogens with two attached hydrogens (primary N) is 1. The van der Waals surface area contributed by atoms with Gasteiger partial charge in [0.05, 0.1) is 0 Å². The number of aromatic nitrogens is 1. The maximum Gasteiger partial charge on any atom is 0.188 e. The monoisotopic (exact) mass is 270 g/mol. The van der Waals surface area contributed by atoms with Crippen molar-refractivity contribution in [3.63, 3.8) is 0 Å². The molecule has 0 aliphatic carbocycles. The fraction of sp³-hybridized carbons (Fsp3) is 0.636. The van der Waals surface area contributed by atoms with E-state index in [0.29, 0.717) is 15.9 Å². The molecule has 4 nitrogen and oxygen atoms in total. The number of nitrogens with zero attached hydrogens (tertiary/aromatic N) is 3. The van der Waals surface area contributed by atoms with Gasteiger partial charge < -0.3 is 10.6 Å². The second kappa shape index (κ2) is 5.21. The number of thiazole rings is 1. The molecule has 2 rings (SSSR count). The van der Waals surface area contributed by atoms with Crippen LogP contribution in [0.3, 0.4) is 0 Å². The predicted molar refractivity (Wildman–Crippen MR) is 70.4 cm³/mol. The molecule has 0 bridgehead atoms. The van der Waals surface area contributed by atoms with Crippen molar-refractivity contribution in [2.75, 3.05) is 18.0 Å². The molecule has 1 aromatic rings. The van der Waals surface area contributed by atoms with Crippen LogP contribution in [-0.4, -0.2) is 24.1 Å². The third-order valence-electron chi connectivity index (χ3n) is 3.15. The Balaban J connectivity index is 2.14. The van der Waals surface area contributed by atoms with Crippen LogP contribution in [0.15, 0.2) is 0 Å². The lowest BCUT2D eigenvalue weighted by atomic mass is 9.92. The summed E-state index contributed by atoms with van der Waals surface area (Å²) in [4.78, 5) is 6.93. The Morgan fingerprint density at radius 1 is 1.71 bits per heavy atom. The van der Waals surface area contributed by atoms with Crippen LogP contribution < -0.4 is 10.6 Å². The third kappa shape index (κ3) is 2.71. The summed E-state index contributed by atoms with van der Waals surface area (Å²) in [6, 6.07) is 2.26. The average Bonchev–Trinajstić information content (AvgIpc) is 2.71. The molecule has 1 fully saturated rings. The third-order valence-corrected chi connectivity index (χ3v) is 4.55. The van der Waals surface area contributed by atoms with Gasteiger partial charge in [0, 0.05) is 19.1 Å². The van der Waals surface area contributed by atoms with Crippen LogP contribution in [-0.2, 0) is 0 Å². The molecule has 0 radical (unpaired) electrons. The molecule has 2 N–H and O–H groups in total. The van der Waals surface area contributed by atoms with E-state index in [1.54, 1.807) is 0 Å². The van der Waals surface area contributed by atoms with Gasteiger partial charge in [0.1, 0.15) is 10.9 Å². The van der Waals surface area contributed by atoms with Crippen LogP contribution in [0.5, 0.6) is 0 Å². The molecule has 0 aromatic carbocycles. The molecule has 1 aromatic heterocycles. The van der Waals surface area contributed by atoms with Crippen molar-refractivity contribution in [3.8, 4) is 6.07 Å². The summed E-state index contributed by atoms with van der Waals surface area (Å²) in [5, 5.41) is 10.0. The first-order valence-electron chi connectivity index (χ1n) is 5.68. The molecule has 1 aliphatic rings. The van der Waals surface area contributed by atoms with Gasteiger partial charge in [-0.15, -0.1) is 0 Å². The molecule has 92 valence electrons. The zero-order valence-corrected chi connectivity index (χ0v) is 11.3. The van der Waals surface area contributed by atoms with E-state index >= 15 is 0 Å². The fourth-order valence-electron chi connectivity index (χ4n) is 2.11. The van der Waals surface area contributed by atoms with Crippen LogP contribution in [0.25, 0.3) is 0 Å². The molecule has 0 amide bonds. The van der Waals surface area contributed by atoms with Crippen LogP contribution in [0.4, 0.5) is 5.13 Å². The van der Waals surface area contributed by atoms with Crippen molar-refractivity contribution >= 4 is 28.1 Å². The standard InChI is InChI=1S/C11H15ClN4S/c1-7(14)8-3-2-4-16(6-8)11-15-10(12)9(5-13)17-11/h7-8H,2-4,6,14H2,1H3. The van der Waals surface area contributed by atoms with Crippen LogP contribution >= 0.6 is 22.9 Å². The Morgan fingerprint density at radius 3 is 3.06 bits per heavy atom. The number of halogens is 1. The normalized spacial score (nSPS) is 22.2. The Labute approximate surface area is 110 Å². The Hall–Kier alpha value is -0.830. The second-order valence-corrected chi connectivity index (χ2v) is 5.77.